The van der Waals surface area contributed by atoms with Crippen molar-refractivity contribution in [3.63, 3.8) is 0 Å². The van der Waals surface area contributed by atoms with E-state index in [1.165, 1.54) is 38.8 Å². The van der Waals surface area contributed by atoms with Crippen LogP contribution >= 0.6 is 17.0 Å². The summed E-state index contributed by atoms with van der Waals surface area (Å²) in [5.74, 6) is 0. The van der Waals surface area contributed by atoms with Crippen molar-refractivity contribution in [1.82, 2.24) is 4.90 Å². The van der Waals surface area contributed by atoms with Gasteiger partial charge in [0.15, 0.2) is 0 Å². The summed E-state index contributed by atoms with van der Waals surface area (Å²) in [6.45, 7) is 7.39. The van der Waals surface area contributed by atoms with Crippen LogP contribution in [0.1, 0.15) is 25.7 Å². The van der Waals surface area contributed by atoms with Crippen molar-refractivity contribution in [2.24, 2.45) is 0 Å². The smallest absolute Gasteiger partial charge is 0.0160 e. The minimum atomic E-state index is 0. The second kappa shape index (κ2) is 6.86. The first-order valence-electron chi connectivity index (χ1n) is 4.27. The molecule has 1 heterocycles. The van der Waals surface area contributed by atoms with Gasteiger partial charge in [-0.3, -0.25) is 4.90 Å². The molecular formula is C9H18BrN. The molecule has 1 aliphatic rings. The van der Waals surface area contributed by atoms with Crippen LogP contribution in [0.15, 0.2) is 12.7 Å². The predicted molar refractivity (Wildman–Crippen MR) is 55.4 cm³/mol. The second-order valence-corrected chi connectivity index (χ2v) is 3.00. The van der Waals surface area contributed by atoms with E-state index in [4.69, 9.17) is 0 Å². The summed E-state index contributed by atoms with van der Waals surface area (Å²) in [7, 11) is 0. The van der Waals surface area contributed by atoms with E-state index in [9.17, 15) is 0 Å². The molecule has 0 aromatic carbocycles. The molecule has 1 rings (SSSR count). The fraction of sp³-hybridized carbons (Fsp3) is 0.778. The van der Waals surface area contributed by atoms with Gasteiger partial charge in [0.25, 0.3) is 0 Å². The van der Waals surface area contributed by atoms with Gasteiger partial charge >= 0.3 is 0 Å². The van der Waals surface area contributed by atoms with Crippen LogP contribution in [-0.4, -0.2) is 24.5 Å². The highest BCUT2D eigenvalue weighted by Gasteiger charge is 2.05. The topological polar surface area (TPSA) is 3.24 Å². The average Bonchev–Trinajstić information content (AvgIpc) is 2.17. The molecule has 0 unspecified atom stereocenters. The lowest BCUT2D eigenvalue weighted by Gasteiger charge is -2.16. The normalized spacial score (nSPS) is 20.0. The fourth-order valence-corrected chi connectivity index (χ4v) is 1.50. The number of likely N-dealkylation sites (tertiary alicyclic amines) is 1. The molecule has 66 valence electrons. The Morgan fingerprint density at radius 1 is 1.09 bits per heavy atom. The summed E-state index contributed by atoms with van der Waals surface area (Å²) in [5.41, 5.74) is 0. The van der Waals surface area contributed by atoms with Gasteiger partial charge in [0.2, 0.25) is 0 Å². The first-order valence-corrected chi connectivity index (χ1v) is 4.27. The molecule has 1 fully saturated rings. The lowest BCUT2D eigenvalue weighted by molar-refractivity contribution is 0.316. The van der Waals surface area contributed by atoms with E-state index in [1.54, 1.807) is 0 Å². The van der Waals surface area contributed by atoms with E-state index in [2.05, 4.69) is 11.5 Å². The number of rotatable bonds is 2. The molecule has 0 atom stereocenters. The third kappa shape index (κ3) is 4.59. The van der Waals surface area contributed by atoms with E-state index in [0.717, 1.165) is 6.54 Å². The van der Waals surface area contributed by atoms with Crippen LogP contribution in [0.3, 0.4) is 0 Å². The zero-order valence-electron chi connectivity index (χ0n) is 7.09. The molecular weight excluding hydrogens is 202 g/mol. The van der Waals surface area contributed by atoms with Crippen LogP contribution in [0.4, 0.5) is 0 Å². The Morgan fingerprint density at radius 2 is 1.64 bits per heavy atom. The van der Waals surface area contributed by atoms with Gasteiger partial charge in [0.05, 0.1) is 0 Å². The van der Waals surface area contributed by atoms with Gasteiger partial charge in [0.1, 0.15) is 0 Å². The minimum Gasteiger partial charge on any atom is -0.300 e. The van der Waals surface area contributed by atoms with Crippen LogP contribution < -0.4 is 0 Å². The zero-order valence-corrected chi connectivity index (χ0v) is 8.80. The molecule has 0 aromatic rings. The number of hydrogen-bond donors (Lipinski definition) is 0. The summed E-state index contributed by atoms with van der Waals surface area (Å²) in [6, 6.07) is 0. The van der Waals surface area contributed by atoms with Gasteiger partial charge < -0.3 is 0 Å². The highest BCUT2D eigenvalue weighted by atomic mass is 79.9. The predicted octanol–water partition coefficient (Wildman–Crippen LogP) is 2.63. The van der Waals surface area contributed by atoms with Crippen molar-refractivity contribution in [2.45, 2.75) is 25.7 Å². The number of halogens is 1. The Morgan fingerprint density at radius 3 is 2.09 bits per heavy atom. The highest BCUT2D eigenvalue weighted by Crippen LogP contribution is 2.08. The van der Waals surface area contributed by atoms with Gasteiger partial charge in [-0.05, 0) is 25.9 Å². The Bertz CT molecular complexity index is 95.7. The molecule has 0 radical (unpaired) electrons. The molecule has 11 heavy (non-hydrogen) atoms. The molecule has 1 aliphatic heterocycles. The van der Waals surface area contributed by atoms with Crippen LogP contribution in [0.5, 0.6) is 0 Å². The lowest BCUT2D eigenvalue weighted by Crippen LogP contribution is -2.24. The number of nitrogens with zero attached hydrogens (tertiary/aromatic N) is 1. The van der Waals surface area contributed by atoms with E-state index in [-0.39, 0.29) is 17.0 Å². The minimum absolute atomic E-state index is 0. The highest BCUT2D eigenvalue weighted by molar-refractivity contribution is 8.93. The van der Waals surface area contributed by atoms with Gasteiger partial charge in [-0.15, -0.1) is 23.6 Å². The summed E-state index contributed by atoms with van der Waals surface area (Å²) in [5, 5.41) is 0. The van der Waals surface area contributed by atoms with Crippen molar-refractivity contribution in [1.29, 1.82) is 0 Å². The molecule has 0 amide bonds. The maximum absolute atomic E-state index is 3.74. The molecule has 2 heteroatoms. The van der Waals surface area contributed by atoms with Crippen molar-refractivity contribution < 1.29 is 0 Å². The van der Waals surface area contributed by atoms with Gasteiger partial charge in [0, 0.05) is 6.54 Å². The van der Waals surface area contributed by atoms with Crippen molar-refractivity contribution in [3.05, 3.63) is 12.7 Å². The molecule has 0 saturated carbocycles. The quantitative estimate of drug-likeness (QED) is 0.646. The van der Waals surface area contributed by atoms with E-state index in [1.807, 2.05) is 6.08 Å². The summed E-state index contributed by atoms with van der Waals surface area (Å²) in [6.07, 6.45) is 7.62. The zero-order chi connectivity index (χ0) is 7.23. The number of hydrogen-bond acceptors (Lipinski definition) is 1. The van der Waals surface area contributed by atoms with Crippen LogP contribution in [0.25, 0.3) is 0 Å². The first kappa shape index (κ1) is 11.2. The van der Waals surface area contributed by atoms with Gasteiger partial charge in [-0.25, -0.2) is 0 Å². The second-order valence-electron chi connectivity index (χ2n) is 3.00. The van der Waals surface area contributed by atoms with E-state index in [0.29, 0.717) is 0 Å². The Kier molecular flexibility index (Phi) is 6.98. The first-order chi connectivity index (χ1) is 4.93. The Labute approximate surface area is 80.2 Å². The van der Waals surface area contributed by atoms with Gasteiger partial charge in [-0.1, -0.05) is 18.9 Å². The van der Waals surface area contributed by atoms with Crippen molar-refractivity contribution in [3.8, 4) is 0 Å². The van der Waals surface area contributed by atoms with Gasteiger partial charge in [-0.2, -0.15) is 0 Å². The van der Waals surface area contributed by atoms with Crippen molar-refractivity contribution in [2.75, 3.05) is 19.6 Å². The molecule has 0 N–H and O–H groups in total. The fourth-order valence-electron chi connectivity index (χ4n) is 1.50. The molecule has 1 saturated heterocycles. The third-order valence-corrected chi connectivity index (χ3v) is 2.09. The standard InChI is InChI=1S/C9H17N.BrH/c1-2-7-10-8-5-3-4-6-9-10;/h2H,1,3-9H2;1H. The molecule has 0 spiro atoms. The van der Waals surface area contributed by atoms with Crippen molar-refractivity contribution >= 4 is 17.0 Å². The summed E-state index contributed by atoms with van der Waals surface area (Å²) >= 11 is 0. The maximum atomic E-state index is 3.74. The molecule has 0 bridgehead atoms. The lowest BCUT2D eigenvalue weighted by atomic mass is 10.2. The van der Waals surface area contributed by atoms with E-state index >= 15 is 0 Å². The average molecular weight is 220 g/mol. The molecule has 0 aromatic heterocycles. The van der Waals surface area contributed by atoms with Crippen LogP contribution in [0, 0.1) is 0 Å². The Balaban J connectivity index is 0.000001000. The largest absolute Gasteiger partial charge is 0.300 e. The summed E-state index contributed by atoms with van der Waals surface area (Å²) in [4.78, 5) is 2.49. The Hall–Kier alpha value is 0.180. The van der Waals surface area contributed by atoms with Crippen LogP contribution in [-0.2, 0) is 0 Å². The maximum Gasteiger partial charge on any atom is 0.0160 e. The molecule has 1 nitrogen and oxygen atoms in total. The molecule has 0 aliphatic carbocycles. The van der Waals surface area contributed by atoms with Crippen LogP contribution in [0.2, 0.25) is 0 Å². The monoisotopic (exact) mass is 219 g/mol. The SMILES string of the molecule is Br.C=CCN1CCCCCC1. The van der Waals surface area contributed by atoms with E-state index < -0.39 is 0 Å². The summed E-state index contributed by atoms with van der Waals surface area (Å²) < 4.78 is 0. The third-order valence-electron chi connectivity index (χ3n) is 2.09.